The minimum absolute atomic E-state index is 0.208. The van der Waals surface area contributed by atoms with Gasteiger partial charge in [-0.15, -0.1) is 5.10 Å². The fourth-order valence-corrected chi connectivity index (χ4v) is 2.64. The molecule has 0 spiro atoms. The predicted octanol–water partition coefficient (Wildman–Crippen LogP) is 2.41. The van der Waals surface area contributed by atoms with Crippen LogP contribution < -0.4 is 5.32 Å². The number of nitrogens with zero attached hydrogens (tertiary/aromatic N) is 6. The van der Waals surface area contributed by atoms with Crippen LogP contribution in [-0.2, 0) is 0 Å². The van der Waals surface area contributed by atoms with E-state index in [2.05, 4.69) is 25.9 Å². The molecule has 1 N–H and O–H groups in total. The molecule has 0 aliphatic rings. The smallest absolute Gasteiger partial charge is 0.259 e. The van der Waals surface area contributed by atoms with Crippen molar-refractivity contribution in [2.24, 2.45) is 0 Å². The molecule has 2 aromatic carbocycles. The summed E-state index contributed by atoms with van der Waals surface area (Å²) in [5, 5.41) is 18.2. The van der Waals surface area contributed by atoms with Crippen molar-refractivity contribution in [3.63, 3.8) is 0 Å². The lowest BCUT2D eigenvalue weighted by atomic mass is 10.2. The SMILES string of the molecule is Cc1c(C(=O)Nc2ccc(-n3cnnn3)cc2)cnn1-c1ccccc1. The molecule has 0 fully saturated rings. The third kappa shape index (κ3) is 2.95. The molecule has 0 saturated carbocycles. The van der Waals surface area contributed by atoms with E-state index in [0.29, 0.717) is 11.3 Å². The quantitative estimate of drug-likeness (QED) is 0.613. The number of amides is 1. The molecular weight excluding hydrogens is 330 g/mol. The van der Waals surface area contributed by atoms with Gasteiger partial charge in [-0.1, -0.05) is 18.2 Å². The van der Waals surface area contributed by atoms with E-state index in [4.69, 9.17) is 0 Å². The van der Waals surface area contributed by atoms with Crippen LogP contribution in [0.4, 0.5) is 5.69 Å². The second kappa shape index (κ2) is 6.60. The maximum Gasteiger partial charge on any atom is 0.259 e. The largest absolute Gasteiger partial charge is 0.322 e. The second-order valence-corrected chi connectivity index (χ2v) is 5.65. The maximum atomic E-state index is 12.6. The lowest BCUT2D eigenvalue weighted by Gasteiger charge is -2.07. The third-order valence-corrected chi connectivity index (χ3v) is 3.99. The molecule has 128 valence electrons. The van der Waals surface area contributed by atoms with Crippen LogP contribution in [0.15, 0.2) is 67.1 Å². The predicted molar refractivity (Wildman–Crippen MR) is 95.4 cm³/mol. The van der Waals surface area contributed by atoms with Gasteiger partial charge in [0.2, 0.25) is 0 Å². The summed E-state index contributed by atoms with van der Waals surface area (Å²) in [6.07, 6.45) is 3.09. The molecule has 0 bridgehead atoms. The van der Waals surface area contributed by atoms with Crippen LogP contribution in [0.1, 0.15) is 16.1 Å². The number of benzene rings is 2. The van der Waals surface area contributed by atoms with Gasteiger partial charge in [-0.05, 0) is 53.7 Å². The molecule has 0 aliphatic heterocycles. The third-order valence-electron chi connectivity index (χ3n) is 3.99. The summed E-state index contributed by atoms with van der Waals surface area (Å²) in [7, 11) is 0. The zero-order chi connectivity index (χ0) is 17.9. The van der Waals surface area contributed by atoms with Gasteiger partial charge >= 0.3 is 0 Å². The zero-order valence-electron chi connectivity index (χ0n) is 13.9. The number of rotatable bonds is 4. The van der Waals surface area contributed by atoms with Crippen LogP contribution >= 0.6 is 0 Å². The molecule has 0 unspecified atom stereocenters. The molecule has 2 aromatic heterocycles. The number of carbonyl (C=O) groups is 1. The lowest BCUT2D eigenvalue weighted by Crippen LogP contribution is -2.13. The van der Waals surface area contributed by atoms with E-state index >= 15 is 0 Å². The Morgan fingerprint density at radius 1 is 1.00 bits per heavy atom. The lowest BCUT2D eigenvalue weighted by molar-refractivity contribution is 0.102. The van der Waals surface area contributed by atoms with E-state index in [1.165, 1.54) is 6.33 Å². The minimum Gasteiger partial charge on any atom is -0.322 e. The van der Waals surface area contributed by atoms with Crippen molar-refractivity contribution in [2.45, 2.75) is 6.92 Å². The number of para-hydroxylation sites is 1. The summed E-state index contributed by atoms with van der Waals surface area (Å²) in [6.45, 7) is 1.87. The Labute approximate surface area is 149 Å². The number of hydrogen-bond donors (Lipinski definition) is 1. The van der Waals surface area contributed by atoms with Gasteiger partial charge in [-0.25, -0.2) is 9.36 Å². The maximum absolute atomic E-state index is 12.6. The van der Waals surface area contributed by atoms with Crippen molar-refractivity contribution in [2.75, 3.05) is 5.32 Å². The van der Waals surface area contributed by atoms with Crippen LogP contribution in [0.25, 0.3) is 11.4 Å². The summed E-state index contributed by atoms with van der Waals surface area (Å²) < 4.78 is 3.29. The average Bonchev–Trinajstić information content (AvgIpc) is 3.33. The van der Waals surface area contributed by atoms with Gasteiger partial charge in [0.15, 0.2) is 0 Å². The molecule has 1 amide bonds. The van der Waals surface area contributed by atoms with Gasteiger partial charge in [0.05, 0.1) is 28.8 Å². The molecule has 0 aliphatic carbocycles. The van der Waals surface area contributed by atoms with Gasteiger partial charge in [-0.2, -0.15) is 5.10 Å². The van der Waals surface area contributed by atoms with Gasteiger partial charge in [0.1, 0.15) is 6.33 Å². The number of anilines is 1. The van der Waals surface area contributed by atoms with Gasteiger partial charge in [0.25, 0.3) is 5.91 Å². The Bertz CT molecular complexity index is 1020. The number of hydrogen-bond acceptors (Lipinski definition) is 5. The summed E-state index contributed by atoms with van der Waals surface area (Å²) in [5.41, 5.74) is 3.70. The highest BCUT2D eigenvalue weighted by molar-refractivity contribution is 6.05. The van der Waals surface area contributed by atoms with Gasteiger partial charge in [0, 0.05) is 5.69 Å². The summed E-state index contributed by atoms with van der Waals surface area (Å²) in [4.78, 5) is 12.6. The fourth-order valence-electron chi connectivity index (χ4n) is 2.64. The van der Waals surface area contributed by atoms with E-state index in [-0.39, 0.29) is 5.91 Å². The average molecular weight is 345 g/mol. The van der Waals surface area contributed by atoms with Gasteiger partial charge in [-0.3, -0.25) is 4.79 Å². The monoisotopic (exact) mass is 345 g/mol. The first kappa shape index (κ1) is 15.7. The van der Waals surface area contributed by atoms with E-state index in [0.717, 1.165) is 17.1 Å². The molecule has 4 aromatic rings. The molecule has 4 rings (SSSR count). The summed E-state index contributed by atoms with van der Waals surface area (Å²) >= 11 is 0. The first-order valence-corrected chi connectivity index (χ1v) is 7.97. The Balaban J connectivity index is 1.53. The highest BCUT2D eigenvalue weighted by atomic mass is 16.1. The zero-order valence-corrected chi connectivity index (χ0v) is 13.9. The second-order valence-electron chi connectivity index (χ2n) is 5.65. The van der Waals surface area contributed by atoms with E-state index in [1.54, 1.807) is 27.7 Å². The minimum atomic E-state index is -0.208. The van der Waals surface area contributed by atoms with Crippen molar-refractivity contribution < 1.29 is 4.79 Å². The van der Waals surface area contributed by atoms with Gasteiger partial charge < -0.3 is 5.32 Å². The Morgan fingerprint density at radius 3 is 2.46 bits per heavy atom. The van der Waals surface area contributed by atoms with E-state index < -0.39 is 0 Å². The number of tetrazole rings is 1. The first-order valence-electron chi connectivity index (χ1n) is 7.97. The van der Waals surface area contributed by atoms with Crippen LogP contribution in [0.5, 0.6) is 0 Å². The molecule has 2 heterocycles. The van der Waals surface area contributed by atoms with Crippen molar-refractivity contribution in [3.05, 3.63) is 78.4 Å². The van der Waals surface area contributed by atoms with Crippen LogP contribution in [0.2, 0.25) is 0 Å². The molecule has 26 heavy (non-hydrogen) atoms. The Kier molecular flexibility index (Phi) is 3.98. The molecule has 0 radical (unpaired) electrons. The topological polar surface area (TPSA) is 90.5 Å². The molecule has 0 saturated heterocycles. The number of carbonyl (C=O) groups excluding carboxylic acids is 1. The molecule has 8 heteroatoms. The van der Waals surface area contributed by atoms with Crippen molar-refractivity contribution in [3.8, 4) is 11.4 Å². The summed E-state index contributed by atoms with van der Waals surface area (Å²) in [5.74, 6) is -0.208. The van der Waals surface area contributed by atoms with Crippen molar-refractivity contribution >= 4 is 11.6 Å². The first-order chi connectivity index (χ1) is 12.7. The molecule has 0 atom stereocenters. The van der Waals surface area contributed by atoms with Crippen LogP contribution in [-0.4, -0.2) is 35.9 Å². The van der Waals surface area contributed by atoms with Crippen LogP contribution in [0, 0.1) is 6.92 Å². The van der Waals surface area contributed by atoms with Crippen molar-refractivity contribution in [1.29, 1.82) is 0 Å². The standard InChI is InChI=1S/C18H15N7O/c1-13-17(11-20-25(13)16-5-3-2-4-6-16)18(26)21-14-7-9-15(10-8-14)24-12-19-22-23-24/h2-12H,1H3,(H,21,26). The highest BCUT2D eigenvalue weighted by Gasteiger charge is 2.15. The van der Waals surface area contributed by atoms with E-state index in [9.17, 15) is 4.79 Å². The highest BCUT2D eigenvalue weighted by Crippen LogP contribution is 2.17. The van der Waals surface area contributed by atoms with Crippen LogP contribution in [0.3, 0.4) is 0 Å². The van der Waals surface area contributed by atoms with Crippen molar-refractivity contribution in [1.82, 2.24) is 30.0 Å². The molecular formula is C18H15N7O. The molecule has 8 nitrogen and oxygen atoms in total. The number of nitrogens with one attached hydrogen (secondary N) is 1. The summed E-state index contributed by atoms with van der Waals surface area (Å²) in [6, 6.07) is 16.9. The Morgan fingerprint density at radius 2 is 1.77 bits per heavy atom. The normalized spacial score (nSPS) is 10.7. The number of aromatic nitrogens is 6. The fraction of sp³-hybridized carbons (Fsp3) is 0.0556. The Hall–Kier alpha value is -3.81. The van der Waals surface area contributed by atoms with E-state index in [1.807, 2.05) is 49.4 Å².